The number of esters is 1. The first-order valence-electron chi connectivity index (χ1n) is 6.70. The fourth-order valence-corrected chi connectivity index (χ4v) is 1.79. The van der Waals surface area contributed by atoms with Crippen LogP contribution in [0.1, 0.15) is 19.4 Å². The minimum Gasteiger partial charge on any atom is -0.497 e. The van der Waals surface area contributed by atoms with E-state index in [1.807, 2.05) is 24.3 Å². The van der Waals surface area contributed by atoms with Crippen LogP contribution in [-0.2, 0) is 16.0 Å². The van der Waals surface area contributed by atoms with Gasteiger partial charge >= 0.3 is 5.97 Å². The molecule has 19 heavy (non-hydrogen) atoms. The predicted octanol–water partition coefficient (Wildman–Crippen LogP) is 2.12. The lowest BCUT2D eigenvalue weighted by Crippen LogP contribution is -2.28. The van der Waals surface area contributed by atoms with E-state index in [9.17, 15) is 4.79 Å². The monoisotopic (exact) mass is 265 g/mol. The first-order chi connectivity index (χ1) is 9.19. The Bertz CT molecular complexity index is 371. The van der Waals surface area contributed by atoms with Gasteiger partial charge < -0.3 is 14.4 Å². The molecule has 0 heterocycles. The molecular weight excluding hydrogens is 242 g/mol. The maximum Gasteiger partial charge on any atom is 0.310 e. The molecule has 4 nitrogen and oxygen atoms in total. The average molecular weight is 265 g/mol. The van der Waals surface area contributed by atoms with E-state index >= 15 is 0 Å². The van der Waals surface area contributed by atoms with Crippen molar-refractivity contribution < 1.29 is 14.3 Å². The molecule has 0 saturated heterocycles. The smallest absolute Gasteiger partial charge is 0.310 e. The Morgan fingerprint density at radius 3 is 2.32 bits per heavy atom. The third-order valence-electron chi connectivity index (χ3n) is 3.07. The van der Waals surface area contributed by atoms with Crippen molar-refractivity contribution in [3.63, 3.8) is 0 Å². The summed E-state index contributed by atoms with van der Waals surface area (Å²) >= 11 is 0. The molecule has 0 aliphatic carbocycles. The van der Waals surface area contributed by atoms with Crippen molar-refractivity contribution in [3.05, 3.63) is 29.8 Å². The number of carbonyl (C=O) groups is 1. The number of rotatable bonds is 8. The Morgan fingerprint density at radius 1 is 1.16 bits per heavy atom. The standard InChI is InChI=1S/C15H23NO3/c1-4-16(5-2)10-11-19-15(17)12-13-6-8-14(18-3)9-7-13/h6-9H,4-5,10-12H2,1-3H3. The summed E-state index contributed by atoms with van der Waals surface area (Å²) in [5, 5.41) is 0. The molecular formula is C15H23NO3. The van der Waals surface area contributed by atoms with Crippen LogP contribution in [0.15, 0.2) is 24.3 Å². The lowest BCUT2D eigenvalue weighted by atomic mass is 10.1. The summed E-state index contributed by atoms with van der Waals surface area (Å²) in [6.07, 6.45) is 0.308. The molecule has 0 radical (unpaired) electrons. The zero-order valence-corrected chi connectivity index (χ0v) is 12.0. The molecule has 0 spiro atoms. The van der Waals surface area contributed by atoms with Crippen LogP contribution < -0.4 is 4.74 Å². The van der Waals surface area contributed by atoms with Gasteiger partial charge in [0.1, 0.15) is 12.4 Å². The molecule has 0 N–H and O–H groups in total. The van der Waals surface area contributed by atoms with E-state index < -0.39 is 0 Å². The topological polar surface area (TPSA) is 38.8 Å². The van der Waals surface area contributed by atoms with E-state index in [1.54, 1.807) is 7.11 Å². The zero-order valence-electron chi connectivity index (χ0n) is 12.0. The normalized spacial score (nSPS) is 10.5. The Balaban J connectivity index is 2.30. The molecule has 106 valence electrons. The number of hydrogen-bond acceptors (Lipinski definition) is 4. The molecule has 0 saturated carbocycles. The van der Waals surface area contributed by atoms with Crippen LogP contribution in [0.25, 0.3) is 0 Å². The quantitative estimate of drug-likeness (QED) is 0.675. The van der Waals surface area contributed by atoms with E-state index in [4.69, 9.17) is 9.47 Å². The van der Waals surface area contributed by atoms with Crippen molar-refractivity contribution in [2.45, 2.75) is 20.3 Å². The molecule has 0 aromatic heterocycles. The van der Waals surface area contributed by atoms with Crippen molar-refractivity contribution in [1.29, 1.82) is 0 Å². The van der Waals surface area contributed by atoms with Gasteiger partial charge in [-0.1, -0.05) is 26.0 Å². The molecule has 1 aromatic rings. The van der Waals surface area contributed by atoms with Gasteiger partial charge in [-0.3, -0.25) is 4.79 Å². The maximum atomic E-state index is 11.7. The summed E-state index contributed by atoms with van der Waals surface area (Å²) in [6, 6.07) is 7.45. The van der Waals surface area contributed by atoms with Crippen molar-refractivity contribution in [2.75, 3.05) is 33.4 Å². The van der Waals surface area contributed by atoms with Gasteiger partial charge in [0.25, 0.3) is 0 Å². The first kappa shape index (κ1) is 15.5. The molecule has 0 aliphatic heterocycles. The Labute approximate surface area is 115 Å². The van der Waals surface area contributed by atoms with E-state index in [2.05, 4.69) is 18.7 Å². The lowest BCUT2D eigenvalue weighted by molar-refractivity contribution is -0.143. The van der Waals surface area contributed by atoms with E-state index in [0.29, 0.717) is 13.0 Å². The lowest BCUT2D eigenvalue weighted by Gasteiger charge is -2.17. The molecule has 0 amide bonds. The molecule has 0 unspecified atom stereocenters. The summed E-state index contributed by atoms with van der Waals surface area (Å²) in [4.78, 5) is 13.9. The number of benzene rings is 1. The fourth-order valence-electron chi connectivity index (χ4n) is 1.79. The third kappa shape index (κ3) is 5.75. The highest BCUT2D eigenvalue weighted by molar-refractivity contribution is 5.72. The number of likely N-dealkylation sites (N-methyl/N-ethyl adjacent to an activating group) is 1. The van der Waals surface area contributed by atoms with Crippen LogP contribution in [0.2, 0.25) is 0 Å². The maximum absolute atomic E-state index is 11.7. The summed E-state index contributed by atoms with van der Waals surface area (Å²) in [5.74, 6) is 0.607. The molecule has 0 atom stereocenters. The SMILES string of the molecule is CCN(CC)CCOC(=O)Cc1ccc(OC)cc1. The van der Waals surface area contributed by atoms with Gasteiger partial charge in [-0.2, -0.15) is 0 Å². The van der Waals surface area contributed by atoms with E-state index in [-0.39, 0.29) is 5.97 Å². The second kappa shape index (κ2) is 8.53. The highest BCUT2D eigenvalue weighted by atomic mass is 16.5. The van der Waals surface area contributed by atoms with Crippen LogP contribution >= 0.6 is 0 Å². The van der Waals surface area contributed by atoms with Gasteiger partial charge in [0.15, 0.2) is 0 Å². The molecule has 0 fully saturated rings. The molecule has 1 rings (SSSR count). The van der Waals surface area contributed by atoms with E-state index in [0.717, 1.165) is 30.9 Å². The van der Waals surface area contributed by atoms with Gasteiger partial charge in [0, 0.05) is 6.54 Å². The first-order valence-corrected chi connectivity index (χ1v) is 6.70. The van der Waals surface area contributed by atoms with Gasteiger partial charge in [-0.25, -0.2) is 0 Å². The molecule has 4 heteroatoms. The Hall–Kier alpha value is -1.55. The Morgan fingerprint density at radius 2 is 1.79 bits per heavy atom. The summed E-state index contributed by atoms with van der Waals surface area (Å²) in [5.41, 5.74) is 0.939. The van der Waals surface area contributed by atoms with Gasteiger partial charge in [0.2, 0.25) is 0 Å². The summed E-state index contributed by atoms with van der Waals surface area (Å²) in [6.45, 7) is 7.41. The summed E-state index contributed by atoms with van der Waals surface area (Å²) < 4.78 is 10.3. The van der Waals surface area contributed by atoms with Crippen molar-refractivity contribution in [2.24, 2.45) is 0 Å². The van der Waals surface area contributed by atoms with E-state index in [1.165, 1.54) is 0 Å². The van der Waals surface area contributed by atoms with Gasteiger partial charge in [-0.05, 0) is 30.8 Å². The zero-order chi connectivity index (χ0) is 14.1. The van der Waals surface area contributed by atoms with Crippen LogP contribution in [0.4, 0.5) is 0 Å². The van der Waals surface area contributed by atoms with Crippen LogP contribution in [-0.4, -0.2) is 44.2 Å². The van der Waals surface area contributed by atoms with Crippen LogP contribution in [0.3, 0.4) is 0 Å². The van der Waals surface area contributed by atoms with Crippen molar-refractivity contribution in [3.8, 4) is 5.75 Å². The molecule has 0 bridgehead atoms. The number of carbonyl (C=O) groups excluding carboxylic acids is 1. The minimum absolute atomic E-state index is 0.183. The minimum atomic E-state index is -0.183. The largest absolute Gasteiger partial charge is 0.497 e. The Kier molecular flexibility index (Phi) is 6.97. The van der Waals surface area contributed by atoms with Gasteiger partial charge in [0.05, 0.1) is 13.5 Å². The number of methoxy groups -OCH3 is 1. The number of ether oxygens (including phenoxy) is 2. The summed E-state index contributed by atoms with van der Waals surface area (Å²) in [7, 11) is 1.62. The highest BCUT2D eigenvalue weighted by Gasteiger charge is 2.06. The van der Waals surface area contributed by atoms with Crippen molar-refractivity contribution >= 4 is 5.97 Å². The van der Waals surface area contributed by atoms with Crippen molar-refractivity contribution in [1.82, 2.24) is 4.90 Å². The second-order valence-electron chi connectivity index (χ2n) is 4.27. The number of hydrogen-bond donors (Lipinski definition) is 0. The van der Waals surface area contributed by atoms with Crippen LogP contribution in [0.5, 0.6) is 5.75 Å². The van der Waals surface area contributed by atoms with Crippen LogP contribution in [0, 0.1) is 0 Å². The molecule has 1 aromatic carbocycles. The molecule has 0 aliphatic rings. The fraction of sp³-hybridized carbons (Fsp3) is 0.533. The number of nitrogens with zero attached hydrogens (tertiary/aromatic N) is 1. The second-order valence-corrected chi connectivity index (χ2v) is 4.27. The average Bonchev–Trinajstić information content (AvgIpc) is 2.44. The highest BCUT2D eigenvalue weighted by Crippen LogP contribution is 2.11. The third-order valence-corrected chi connectivity index (χ3v) is 3.07. The van der Waals surface area contributed by atoms with Gasteiger partial charge in [-0.15, -0.1) is 0 Å². The predicted molar refractivity (Wildman–Crippen MR) is 75.4 cm³/mol.